The van der Waals surface area contributed by atoms with E-state index in [0.717, 1.165) is 12.8 Å². The van der Waals surface area contributed by atoms with Crippen LogP contribution >= 0.6 is 0 Å². The predicted octanol–water partition coefficient (Wildman–Crippen LogP) is 4.63. The van der Waals surface area contributed by atoms with Crippen LogP contribution in [0.1, 0.15) is 85.0 Å². The Morgan fingerprint density at radius 3 is 1.79 bits per heavy atom. The second kappa shape index (κ2) is 12.2. The Morgan fingerprint density at radius 2 is 1.32 bits per heavy atom. The van der Waals surface area contributed by atoms with Gasteiger partial charge < -0.3 is 4.74 Å². The topological polar surface area (TPSA) is 43.4 Å². The molecule has 0 amide bonds. The van der Waals surface area contributed by atoms with Crippen LogP contribution in [-0.4, -0.2) is 11.9 Å². The molecule has 0 aromatic carbocycles. The second-order valence-electron chi connectivity index (χ2n) is 5.29. The molecule has 0 rings (SSSR count). The minimum absolute atomic E-state index is 0.334. The zero-order chi connectivity index (χ0) is 14.5. The van der Waals surface area contributed by atoms with Crippen molar-refractivity contribution in [3.63, 3.8) is 0 Å². The maximum atomic E-state index is 11.5. The van der Waals surface area contributed by atoms with Gasteiger partial charge in [-0.2, -0.15) is 0 Å². The van der Waals surface area contributed by atoms with Crippen LogP contribution in [0.4, 0.5) is 0 Å². The average Bonchev–Trinajstić information content (AvgIpc) is 2.38. The summed E-state index contributed by atoms with van der Waals surface area (Å²) in [5.74, 6) is -0.128. The average molecular weight is 270 g/mol. The standard InChI is InChI=1S/C16H30O3/c1-4-7-10-14(11-8-5-2)12-13-16(18)19-15(17)9-6-3/h14H,4-13H2,1-3H3. The fraction of sp³-hybridized carbons (Fsp3) is 0.875. The molecule has 0 aliphatic rings. The van der Waals surface area contributed by atoms with Crippen LogP contribution in [-0.2, 0) is 14.3 Å². The molecule has 0 radical (unpaired) electrons. The molecule has 0 spiro atoms. The van der Waals surface area contributed by atoms with Gasteiger partial charge in [0.2, 0.25) is 0 Å². The fourth-order valence-electron chi connectivity index (χ4n) is 2.17. The van der Waals surface area contributed by atoms with Crippen molar-refractivity contribution in [2.45, 2.75) is 85.0 Å². The number of esters is 2. The van der Waals surface area contributed by atoms with Crippen LogP contribution in [0.5, 0.6) is 0 Å². The maximum absolute atomic E-state index is 11.5. The van der Waals surface area contributed by atoms with E-state index in [9.17, 15) is 9.59 Å². The number of carbonyl (C=O) groups excluding carboxylic acids is 2. The number of rotatable bonds is 11. The zero-order valence-corrected chi connectivity index (χ0v) is 12.9. The molecule has 0 aliphatic heterocycles. The first-order valence-corrected chi connectivity index (χ1v) is 7.87. The minimum Gasteiger partial charge on any atom is -0.393 e. The minimum atomic E-state index is -0.383. The van der Waals surface area contributed by atoms with Crippen molar-refractivity contribution in [2.75, 3.05) is 0 Å². The van der Waals surface area contributed by atoms with Gasteiger partial charge in [0.1, 0.15) is 0 Å². The summed E-state index contributed by atoms with van der Waals surface area (Å²) in [5.41, 5.74) is 0. The number of unbranched alkanes of at least 4 members (excludes halogenated alkanes) is 2. The van der Waals surface area contributed by atoms with E-state index in [2.05, 4.69) is 13.8 Å². The zero-order valence-electron chi connectivity index (χ0n) is 12.9. The Labute approximate surface area is 118 Å². The third-order valence-corrected chi connectivity index (χ3v) is 3.37. The lowest BCUT2D eigenvalue weighted by atomic mass is 9.92. The molecule has 0 atom stereocenters. The van der Waals surface area contributed by atoms with Crippen molar-refractivity contribution in [1.29, 1.82) is 0 Å². The van der Waals surface area contributed by atoms with E-state index in [1.807, 2.05) is 6.92 Å². The molecule has 0 fully saturated rings. The van der Waals surface area contributed by atoms with Gasteiger partial charge in [0.15, 0.2) is 0 Å². The highest BCUT2D eigenvalue weighted by atomic mass is 16.6. The summed E-state index contributed by atoms with van der Waals surface area (Å²) in [7, 11) is 0. The van der Waals surface area contributed by atoms with Crippen LogP contribution in [0, 0.1) is 5.92 Å². The monoisotopic (exact) mass is 270 g/mol. The van der Waals surface area contributed by atoms with Crippen molar-refractivity contribution in [2.24, 2.45) is 5.92 Å². The molecular formula is C16H30O3. The van der Waals surface area contributed by atoms with E-state index >= 15 is 0 Å². The molecule has 112 valence electrons. The summed E-state index contributed by atoms with van der Waals surface area (Å²) >= 11 is 0. The number of hydrogen-bond donors (Lipinski definition) is 0. The van der Waals surface area contributed by atoms with E-state index in [1.54, 1.807) is 0 Å². The molecule has 0 saturated heterocycles. The van der Waals surface area contributed by atoms with Crippen molar-refractivity contribution >= 4 is 11.9 Å². The molecule has 0 aromatic rings. The number of hydrogen-bond acceptors (Lipinski definition) is 3. The normalized spacial score (nSPS) is 10.7. The lowest BCUT2D eigenvalue weighted by Gasteiger charge is -2.15. The van der Waals surface area contributed by atoms with Gasteiger partial charge in [-0.3, -0.25) is 9.59 Å². The van der Waals surface area contributed by atoms with Gasteiger partial charge in [-0.05, 0) is 18.8 Å². The highest BCUT2D eigenvalue weighted by Crippen LogP contribution is 2.21. The molecule has 0 bridgehead atoms. The van der Waals surface area contributed by atoms with Gasteiger partial charge in [0.25, 0.3) is 0 Å². The second-order valence-corrected chi connectivity index (χ2v) is 5.29. The summed E-state index contributed by atoms with van der Waals surface area (Å²) in [4.78, 5) is 22.7. The quantitative estimate of drug-likeness (QED) is 0.406. The van der Waals surface area contributed by atoms with Gasteiger partial charge in [0.05, 0.1) is 0 Å². The van der Waals surface area contributed by atoms with Crippen LogP contribution in [0.3, 0.4) is 0 Å². The Morgan fingerprint density at radius 1 is 0.789 bits per heavy atom. The SMILES string of the molecule is CCCCC(CCCC)CCC(=O)OC(=O)CCC. The highest BCUT2D eigenvalue weighted by molar-refractivity contribution is 5.85. The van der Waals surface area contributed by atoms with Gasteiger partial charge >= 0.3 is 11.9 Å². The third-order valence-electron chi connectivity index (χ3n) is 3.37. The third kappa shape index (κ3) is 10.7. The molecule has 0 saturated carbocycles. The largest absolute Gasteiger partial charge is 0.393 e. The predicted molar refractivity (Wildman–Crippen MR) is 77.8 cm³/mol. The van der Waals surface area contributed by atoms with Crippen LogP contribution in [0.2, 0.25) is 0 Å². The summed E-state index contributed by atoms with van der Waals surface area (Å²) in [5, 5.41) is 0. The van der Waals surface area contributed by atoms with Gasteiger partial charge in [-0.1, -0.05) is 59.3 Å². The van der Waals surface area contributed by atoms with Gasteiger partial charge in [0, 0.05) is 12.8 Å². The van der Waals surface area contributed by atoms with E-state index in [-0.39, 0.29) is 11.9 Å². The Kier molecular flexibility index (Phi) is 11.6. The molecular weight excluding hydrogens is 240 g/mol. The molecule has 0 aliphatic carbocycles. The van der Waals surface area contributed by atoms with E-state index in [1.165, 1.54) is 38.5 Å². The van der Waals surface area contributed by atoms with Crippen LogP contribution < -0.4 is 0 Å². The lowest BCUT2D eigenvalue weighted by Crippen LogP contribution is -2.13. The molecule has 3 heteroatoms. The Hall–Kier alpha value is -0.860. The molecule has 0 heterocycles. The number of carbonyl (C=O) groups is 2. The molecule has 0 aromatic heterocycles. The van der Waals surface area contributed by atoms with Crippen LogP contribution in [0.15, 0.2) is 0 Å². The number of ether oxygens (including phenoxy) is 1. The Bertz CT molecular complexity index is 240. The summed E-state index contributed by atoms with van der Waals surface area (Å²) in [6.45, 7) is 6.28. The molecule has 3 nitrogen and oxygen atoms in total. The summed E-state index contributed by atoms with van der Waals surface area (Å²) in [6.07, 6.45) is 9.51. The van der Waals surface area contributed by atoms with E-state index in [0.29, 0.717) is 18.8 Å². The smallest absolute Gasteiger partial charge is 0.313 e. The summed E-state index contributed by atoms with van der Waals surface area (Å²) in [6, 6.07) is 0. The van der Waals surface area contributed by atoms with Crippen molar-refractivity contribution in [3.8, 4) is 0 Å². The van der Waals surface area contributed by atoms with E-state index in [4.69, 9.17) is 4.74 Å². The van der Waals surface area contributed by atoms with Crippen molar-refractivity contribution in [3.05, 3.63) is 0 Å². The van der Waals surface area contributed by atoms with Crippen molar-refractivity contribution in [1.82, 2.24) is 0 Å². The van der Waals surface area contributed by atoms with E-state index < -0.39 is 0 Å². The highest BCUT2D eigenvalue weighted by Gasteiger charge is 2.14. The summed E-state index contributed by atoms with van der Waals surface area (Å²) < 4.78 is 4.77. The lowest BCUT2D eigenvalue weighted by molar-refractivity contribution is -0.159. The van der Waals surface area contributed by atoms with Gasteiger partial charge in [-0.25, -0.2) is 0 Å². The maximum Gasteiger partial charge on any atom is 0.313 e. The first kappa shape index (κ1) is 18.1. The first-order chi connectivity index (χ1) is 9.13. The Balaban J connectivity index is 3.93. The molecule has 0 N–H and O–H groups in total. The fourth-order valence-corrected chi connectivity index (χ4v) is 2.17. The van der Waals surface area contributed by atoms with Crippen molar-refractivity contribution < 1.29 is 14.3 Å². The molecule has 0 unspecified atom stereocenters. The van der Waals surface area contributed by atoms with Crippen LogP contribution in [0.25, 0.3) is 0 Å². The van der Waals surface area contributed by atoms with Gasteiger partial charge in [-0.15, -0.1) is 0 Å². The first-order valence-electron chi connectivity index (χ1n) is 7.87. The molecule has 19 heavy (non-hydrogen) atoms.